The third kappa shape index (κ3) is 4.76. The lowest BCUT2D eigenvalue weighted by molar-refractivity contribution is -0.133. The molecule has 0 saturated carbocycles. The Morgan fingerprint density at radius 1 is 1.22 bits per heavy atom. The first kappa shape index (κ1) is 23.7. The Bertz CT molecular complexity index is 1110. The molecule has 0 aliphatic carbocycles. The molecule has 2 aromatic rings. The molecule has 3 rings (SSSR count). The molecule has 0 spiro atoms. The zero-order valence-electron chi connectivity index (χ0n) is 18.2. The Morgan fingerprint density at radius 3 is 2.53 bits per heavy atom. The summed E-state index contributed by atoms with van der Waals surface area (Å²) >= 11 is 0. The van der Waals surface area contributed by atoms with Crippen LogP contribution < -0.4 is 15.0 Å². The zero-order valence-corrected chi connectivity index (χ0v) is 19.0. The molecule has 2 aromatic carbocycles. The number of ether oxygens (including phenoxy) is 1. The molecule has 0 radical (unpaired) electrons. The van der Waals surface area contributed by atoms with Gasteiger partial charge in [-0.2, -0.15) is 4.31 Å². The van der Waals surface area contributed by atoms with Crippen molar-refractivity contribution in [3.8, 4) is 5.75 Å². The van der Waals surface area contributed by atoms with Gasteiger partial charge < -0.3 is 10.1 Å². The fourth-order valence-corrected chi connectivity index (χ4v) is 4.79. The molecular formula is C22H26FN3O5S. The second-order valence-corrected chi connectivity index (χ2v) is 9.94. The Balaban J connectivity index is 1.97. The van der Waals surface area contributed by atoms with Crippen LogP contribution in [0.2, 0.25) is 0 Å². The van der Waals surface area contributed by atoms with Gasteiger partial charge in [0, 0.05) is 24.8 Å². The van der Waals surface area contributed by atoms with Gasteiger partial charge in [0.2, 0.25) is 21.8 Å². The van der Waals surface area contributed by atoms with E-state index in [9.17, 15) is 22.4 Å². The first-order chi connectivity index (χ1) is 15.1. The summed E-state index contributed by atoms with van der Waals surface area (Å²) in [7, 11) is -2.22. The average Bonchev–Trinajstić information content (AvgIpc) is 2.78. The number of piperazine rings is 1. The highest BCUT2D eigenvalue weighted by atomic mass is 32.2. The number of benzene rings is 2. The van der Waals surface area contributed by atoms with Crippen LogP contribution in [0.5, 0.6) is 5.75 Å². The molecule has 0 unspecified atom stereocenters. The molecule has 1 atom stereocenters. The molecule has 1 aliphatic heterocycles. The number of sulfonamides is 1. The maximum atomic E-state index is 13.4. The summed E-state index contributed by atoms with van der Waals surface area (Å²) in [5.41, 5.74) is -0.442. The SMILES string of the molecule is CCS(=O)(=O)N1CC(=O)N(c2cccc(OC)c2)[C@@](C)(C(=O)NCc2ccc(F)cc2)C1. The molecule has 1 N–H and O–H groups in total. The van der Waals surface area contributed by atoms with Crippen molar-refractivity contribution in [1.29, 1.82) is 0 Å². The minimum Gasteiger partial charge on any atom is -0.497 e. The van der Waals surface area contributed by atoms with Crippen LogP contribution in [0.1, 0.15) is 19.4 Å². The lowest BCUT2D eigenvalue weighted by atomic mass is 9.94. The number of carbonyl (C=O) groups excluding carboxylic acids is 2. The van der Waals surface area contributed by atoms with Crippen LogP contribution in [0.25, 0.3) is 0 Å². The number of nitrogens with zero attached hydrogens (tertiary/aromatic N) is 2. The van der Waals surface area contributed by atoms with E-state index in [2.05, 4.69) is 5.32 Å². The van der Waals surface area contributed by atoms with E-state index in [0.717, 1.165) is 4.31 Å². The number of amides is 2. The van der Waals surface area contributed by atoms with Crippen molar-refractivity contribution in [2.75, 3.05) is 30.9 Å². The van der Waals surface area contributed by atoms with Gasteiger partial charge in [0.15, 0.2) is 0 Å². The number of anilines is 1. The largest absolute Gasteiger partial charge is 0.497 e. The van der Waals surface area contributed by atoms with Gasteiger partial charge in [0.25, 0.3) is 0 Å². The van der Waals surface area contributed by atoms with Crippen LogP contribution in [0.3, 0.4) is 0 Å². The van der Waals surface area contributed by atoms with Gasteiger partial charge in [-0.25, -0.2) is 12.8 Å². The Labute approximate surface area is 187 Å². The molecule has 2 amide bonds. The minimum absolute atomic E-state index is 0.0926. The van der Waals surface area contributed by atoms with Gasteiger partial charge in [0.1, 0.15) is 17.1 Å². The van der Waals surface area contributed by atoms with Crippen molar-refractivity contribution in [3.05, 3.63) is 59.9 Å². The summed E-state index contributed by atoms with van der Waals surface area (Å²) in [6.45, 7) is 2.53. The van der Waals surface area contributed by atoms with Crippen molar-refractivity contribution < 1.29 is 27.1 Å². The number of carbonyl (C=O) groups is 2. The standard InChI is InChI=1S/C22H26FN3O5S/c1-4-32(29,30)25-14-20(27)26(18-6-5-7-19(12-18)31-3)22(2,15-25)21(28)24-13-16-8-10-17(23)11-9-16/h5-12H,4,13-15H2,1-3H3,(H,24,28)/t22-/m1/s1. The first-order valence-electron chi connectivity index (χ1n) is 10.1. The van der Waals surface area contributed by atoms with Gasteiger partial charge in [-0.15, -0.1) is 0 Å². The highest BCUT2D eigenvalue weighted by Gasteiger charge is 2.50. The van der Waals surface area contributed by atoms with E-state index in [4.69, 9.17) is 4.74 Å². The fourth-order valence-electron chi connectivity index (χ4n) is 3.67. The number of nitrogens with one attached hydrogen (secondary N) is 1. The van der Waals surface area contributed by atoms with E-state index in [1.165, 1.54) is 50.1 Å². The van der Waals surface area contributed by atoms with Gasteiger partial charge >= 0.3 is 0 Å². The highest BCUT2D eigenvalue weighted by molar-refractivity contribution is 7.89. The lowest BCUT2D eigenvalue weighted by Crippen LogP contribution is -2.70. The smallest absolute Gasteiger partial charge is 0.247 e. The van der Waals surface area contributed by atoms with Crippen LogP contribution in [-0.4, -0.2) is 56.0 Å². The monoisotopic (exact) mass is 463 g/mol. The quantitative estimate of drug-likeness (QED) is 0.677. The molecule has 1 fully saturated rings. The molecule has 0 aromatic heterocycles. The topological polar surface area (TPSA) is 96.0 Å². The average molecular weight is 464 g/mol. The summed E-state index contributed by atoms with van der Waals surface area (Å²) in [6, 6.07) is 12.3. The summed E-state index contributed by atoms with van der Waals surface area (Å²) in [5.74, 6) is -1.15. The number of methoxy groups -OCH3 is 1. The van der Waals surface area contributed by atoms with Gasteiger partial charge in [-0.1, -0.05) is 18.2 Å². The number of halogens is 1. The maximum absolute atomic E-state index is 13.4. The Hall–Kier alpha value is -2.98. The van der Waals surface area contributed by atoms with Crippen LogP contribution in [0.4, 0.5) is 10.1 Å². The predicted octanol–water partition coefficient (Wildman–Crippen LogP) is 1.91. The van der Waals surface area contributed by atoms with E-state index >= 15 is 0 Å². The van der Waals surface area contributed by atoms with Crippen LogP contribution >= 0.6 is 0 Å². The Kier molecular flexibility index (Phi) is 6.85. The van der Waals surface area contributed by atoms with Crippen molar-refractivity contribution >= 4 is 27.5 Å². The van der Waals surface area contributed by atoms with E-state index in [-0.39, 0.29) is 25.4 Å². The van der Waals surface area contributed by atoms with E-state index in [1.54, 1.807) is 24.3 Å². The fraction of sp³-hybridized carbons (Fsp3) is 0.364. The zero-order chi connectivity index (χ0) is 23.5. The van der Waals surface area contributed by atoms with Gasteiger partial charge in [-0.3, -0.25) is 14.5 Å². The number of hydrogen-bond donors (Lipinski definition) is 1. The van der Waals surface area contributed by atoms with E-state index < -0.39 is 33.2 Å². The lowest BCUT2D eigenvalue weighted by Gasteiger charge is -2.46. The van der Waals surface area contributed by atoms with E-state index in [0.29, 0.717) is 17.0 Å². The number of rotatable bonds is 7. The Morgan fingerprint density at radius 2 is 1.91 bits per heavy atom. The van der Waals surface area contributed by atoms with Crippen LogP contribution in [0, 0.1) is 5.82 Å². The molecule has 1 heterocycles. The molecule has 10 heteroatoms. The molecule has 0 bridgehead atoms. The second-order valence-electron chi connectivity index (χ2n) is 7.68. The third-order valence-corrected chi connectivity index (χ3v) is 7.24. The molecular weight excluding hydrogens is 437 g/mol. The molecule has 1 saturated heterocycles. The normalized spacial score (nSPS) is 19.6. The maximum Gasteiger partial charge on any atom is 0.247 e. The van der Waals surface area contributed by atoms with Crippen molar-refractivity contribution in [1.82, 2.24) is 9.62 Å². The first-order valence-corrected chi connectivity index (χ1v) is 11.7. The number of hydrogen-bond acceptors (Lipinski definition) is 5. The van der Waals surface area contributed by atoms with Gasteiger partial charge in [0.05, 0.1) is 19.4 Å². The van der Waals surface area contributed by atoms with Crippen molar-refractivity contribution in [2.24, 2.45) is 0 Å². The van der Waals surface area contributed by atoms with Crippen LogP contribution in [0.15, 0.2) is 48.5 Å². The summed E-state index contributed by atoms with van der Waals surface area (Å²) in [5, 5.41) is 2.76. The van der Waals surface area contributed by atoms with Crippen molar-refractivity contribution in [3.63, 3.8) is 0 Å². The minimum atomic E-state index is -3.71. The van der Waals surface area contributed by atoms with E-state index in [1.807, 2.05) is 0 Å². The summed E-state index contributed by atoms with van der Waals surface area (Å²) in [6.07, 6.45) is 0. The second kappa shape index (κ2) is 9.25. The highest BCUT2D eigenvalue weighted by Crippen LogP contribution is 2.32. The molecule has 32 heavy (non-hydrogen) atoms. The molecule has 8 nitrogen and oxygen atoms in total. The molecule has 1 aliphatic rings. The summed E-state index contributed by atoms with van der Waals surface area (Å²) < 4.78 is 44.5. The van der Waals surface area contributed by atoms with Gasteiger partial charge in [-0.05, 0) is 43.7 Å². The molecule has 172 valence electrons. The predicted molar refractivity (Wildman–Crippen MR) is 118 cm³/mol. The third-order valence-electron chi connectivity index (χ3n) is 5.46. The van der Waals surface area contributed by atoms with Crippen LogP contribution in [-0.2, 0) is 26.2 Å². The summed E-state index contributed by atoms with van der Waals surface area (Å²) in [4.78, 5) is 27.8. The van der Waals surface area contributed by atoms with Crippen molar-refractivity contribution in [2.45, 2.75) is 25.9 Å².